The molecule has 0 amide bonds. The van der Waals surface area contributed by atoms with Crippen LogP contribution in [0.1, 0.15) is 17.7 Å². The Hall–Kier alpha value is -2.38. The zero-order valence-electron chi connectivity index (χ0n) is 14.1. The number of allylic oxidation sites excluding steroid dienone is 2. The summed E-state index contributed by atoms with van der Waals surface area (Å²) in [4.78, 5) is 6.04. The molecule has 0 aliphatic carbocycles. The number of nitrogens with zero attached hydrogens (tertiary/aromatic N) is 4. The number of aryl methyl sites for hydroxylation is 1. The summed E-state index contributed by atoms with van der Waals surface area (Å²) in [6.07, 6.45) is 7.70. The van der Waals surface area contributed by atoms with Crippen LogP contribution in [0, 0.1) is 6.92 Å². The van der Waals surface area contributed by atoms with Crippen LogP contribution in [0.2, 0.25) is 0 Å². The van der Waals surface area contributed by atoms with Crippen LogP contribution in [0.15, 0.2) is 58.5 Å². The first-order valence-corrected chi connectivity index (χ1v) is 10.2. The van der Waals surface area contributed by atoms with Gasteiger partial charge < -0.3 is 9.47 Å². The predicted octanol–water partition coefficient (Wildman–Crippen LogP) is 3.09. The fourth-order valence-electron chi connectivity index (χ4n) is 3.06. The van der Waals surface area contributed by atoms with Crippen LogP contribution >= 0.6 is 11.6 Å². The normalized spacial score (nSPS) is 19.2. The number of sulfonamides is 1. The minimum Gasteiger partial charge on any atom is -0.330 e. The number of amidine groups is 1. The number of benzene rings is 1. The molecular weight excluding hydrogens is 372 g/mol. The van der Waals surface area contributed by atoms with Crippen molar-refractivity contribution < 1.29 is 8.42 Å². The van der Waals surface area contributed by atoms with E-state index in [2.05, 4.69) is 9.38 Å². The second-order valence-electron chi connectivity index (χ2n) is 6.29. The predicted molar refractivity (Wildman–Crippen MR) is 103 cm³/mol. The standard InChI is InChI=1S/C18H17ClN4O2S/c1-13-10-23(12-20-13)16-5-3-14(4-6-16)17-9-15(19)11-22-7-2-8-26(24,25)21-18(17)22/h3-6,9-12H,2,7-8H2,1H3. The van der Waals surface area contributed by atoms with E-state index in [1.807, 2.05) is 46.9 Å². The number of hydrogen-bond acceptors (Lipinski definition) is 4. The van der Waals surface area contributed by atoms with Crippen molar-refractivity contribution in [1.29, 1.82) is 0 Å². The van der Waals surface area contributed by atoms with Gasteiger partial charge in [0.25, 0.3) is 10.0 Å². The van der Waals surface area contributed by atoms with Gasteiger partial charge in [-0.3, -0.25) is 0 Å². The van der Waals surface area contributed by atoms with Gasteiger partial charge in [-0.05, 0) is 37.1 Å². The number of fused-ring (bicyclic) bond motifs is 1. The highest BCUT2D eigenvalue weighted by Gasteiger charge is 2.26. The van der Waals surface area contributed by atoms with E-state index in [0.717, 1.165) is 16.9 Å². The zero-order chi connectivity index (χ0) is 18.3. The van der Waals surface area contributed by atoms with E-state index in [1.165, 1.54) is 0 Å². The van der Waals surface area contributed by atoms with E-state index in [9.17, 15) is 8.42 Å². The second-order valence-corrected chi connectivity index (χ2v) is 8.48. The van der Waals surface area contributed by atoms with Crippen molar-refractivity contribution in [1.82, 2.24) is 14.5 Å². The van der Waals surface area contributed by atoms with E-state index in [0.29, 0.717) is 29.4 Å². The molecule has 0 radical (unpaired) electrons. The fraction of sp³-hybridized carbons (Fsp3) is 0.222. The van der Waals surface area contributed by atoms with Crippen molar-refractivity contribution in [3.63, 3.8) is 0 Å². The van der Waals surface area contributed by atoms with Crippen molar-refractivity contribution in [2.75, 3.05) is 12.3 Å². The quantitative estimate of drug-likeness (QED) is 0.792. The molecule has 0 spiro atoms. The largest absolute Gasteiger partial charge is 0.330 e. The molecule has 0 bridgehead atoms. The molecule has 2 aromatic rings. The molecule has 2 aliphatic heterocycles. The summed E-state index contributed by atoms with van der Waals surface area (Å²) in [5.41, 5.74) is 3.48. The van der Waals surface area contributed by atoms with Gasteiger partial charge in [0.1, 0.15) is 0 Å². The van der Waals surface area contributed by atoms with E-state index < -0.39 is 10.0 Å². The Morgan fingerprint density at radius 3 is 2.65 bits per heavy atom. The molecule has 8 heteroatoms. The summed E-state index contributed by atoms with van der Waals surface area (Å²) in [5.74, 6) is 0.475. The average molecular weight is 389 g/mol. The molecule has 0 unspecified atom stereocenters. The number of aromatic nitrogens is 2. The van der Waals surface area contributed by atoms with Crippen LogP contribution in [-0.2, 0) is 10.0 Å². The number of halogens is 1. The second kappa shape index (κ2) is 6.41. The number of imidazole rings is 1. The Labute approximate surface area is 157 Å². The minimum absolute atomic E-state index is 0.0463. The van der Waals surface area contributed by atoms with Gasteiger partial charge in [-0.25, -0.2) is 13.4 Å². The van der Waals surface area contributed by atoms with Gasteiger partial charge in [0.15, 0.2) is 5.84 Å². The van der Waals surface area contributed by atoms with Gasteiger partial charge in [-0.1, -0.05) is 23.7 Å². The Morgan fingerprint density at radius 1 is 1.19 bits per heavy atom. The fourth-order valence-corrected chi connectivity index (χ4v) is 4.34. The lowest BCUT2D eigenvalue weighted by Crippen LogP contribution is -2.29. The molecule has 1 aromatic heterocycles. The average Bonchev–Trinajstić information content (AvgIpc) is 2.96. The lowest BCUT2D eigenvalue weighted by atomic mass is 10.0. The van der Waals surface area contributed by atoms with Crippen molar-refractivity contribution >= 4 is 33.0 Å². The van der Waals surface area contributed by atoms with E-state index in [4.69, 9.17) is 11.6 Å². The van der Waals surface area contributed by atoms with E-state index in [1.54, 1.807) is 18.6 Å². The maximum absolute atomic E-state index is 12.1. The highest BCUT2D eigenvalue weighted by molar-refractivity contribution is 7.90. The molecular formula is C18H17ClN4O2S. The van der Waals surface area contributed by atoms with Gasteiger partial charge in [0, 0.05) is 30.2 Å². The van der Waals surface area contributed by atoms with E-state index in [-0.39, 0.29) is 5.75 Å². The van der Waals surface area contributed by atoms with Crippen molar-refractivity contribution in [2.24, 2.45) is 4.40 Å². The third kappa shape index (κ3) is 3.32. The topological polar surface area (TPSA) is 67.6 Å². The van der Waals surface area contributed by atoms with Crippen LogP contribution in [0.3, 0.4) is 0 Å². The van der Waals surface area contributed by atoms with Gasteiger partial charge in [-0.2, -0.15) is 0 Å². The number of hydrogen-bond donors (Lipinski definition) is 0. The van der Waals surface area contributed by atoms with E-state index >= 15 is 0 Å². The Kier molecular flexibility index (Phi) is 4.20. The molecule has 6 nitrogen and oxygen atoms in total. The zero-order valence-corrected chi connectivity index (χ0v) is 15.7. The Bertz CT molecular complexity index is 1050. The van der Waals surface area contributed by atoms with Crippen molar-refractivity contribution in [3.05, 3.63) is 65.4 Å². The lowest BCUT2D eigenvalue weighted by Gasteiger charge is -2.26. The third-order valence-corrected chi connectivity index (χ3v) is 5.75. The molecule has 0 atom stereocenters. The van der Waals surface area contributed by atoms with Gasteiger partial charge in [-0.15, -0.1) is 4.40 Å². The molecule has 0 saturated carbocycles. The Balaban J connectivity index is 1.75. The van der Waals surface area contributed by atoms with Crippen LogP contribution < -0.4 is 0 Å². The first-order valence-electron chi connectivity index (χ1n) is 8.21. The molecule has 2 aliphatic rings. The first kappa shape index (κ1) is 17.1. The van der Waals surface area contributed by atoms with Crippen LogP contribution in [0.5, 0.6) is 0 Å². The molecule has 3 heterocycles. The molecule has 26 heavy (non-hydrogen) atoms. The molecule has 0 saturated heterocycles. The molecule has 0 N–H and O–H groups in total. The monoisotopic (exact) mass is 388 g/mol. The molecule has 0 fully saturated rings. The summed E-state index contributed by atoms with van der Waals surface area (Å²) in [6, 6.07) is 7.79. The SMILES string of the molecule is Cc1cn(-c2ccc(C3=CC(Cl)=CN4CCCS(=O)(=O)N=C34)cc2)cn1. The van der Waals surface area contributed by atoms with Crippen molar-refractivity contribution in [2.45, 2.75) is 13.3 Å². The summed E-state index contributed by atoms with van der Waals surface area (Å²) in [7, 11) is -3.48. The highest BCUT2D eigenvalue weighted by Crippen LogP contribution is 2.29. The lowest BCUT2D eigenvalue weighted by molar-refractivity contribution is 0.553. The smallest absolute Gasteiger partial charge is 0.255 e. The summed E-state index contributed by atoms with van der Waals surface area (Å²) in [5, 5.41) is 0.549. The van der Waals surface area contributed by atoms with Crippen LogP contribution in [0.25, 0.3) is 11.3 Å². The maximum Gasteiger partial charge on any atom is 0.255 e. The molecule has 1 aromatic carbocycles. The maximum atomic E-state index is 12.1. The van der Waals surface area contributed by atoms with Gasteiger partial charge in [0.2, 0.25) is 0 Å². The summed E-state index contributed by atoms with van der Waals surface area (Å²) in [6.45, 7) is 2.50. The Morgan fingerprint density at radius 2 is 1.96 bits per heavy atom. The molecule has 134 valence electrons. The highest BCUT2D eigenvalue weighted by atomic mass is 35.5. The third-order valence-electron chi connectivity index (χ3n) is 4.29. The first-order chi connectivity index (χ1) is 12.4. The van der Waals surface area contributed by atoms with Crippen molar-refractivity contribution in [3.8, 4) is 5.69 Å². The van der Waals surface area contributed by atoms with Crippen LogP contribution in [-0.4, -0.2) is 41.0 Å². The summed E-state index contributed by atoms with van der Waals surface area (Å²) >= 11 is 6.26. The summed E-state index contributed by atoms with van der Waals surface area (Å²) < 4.78 is 30.2. The van der Waals surface area contributed by atoms with Gasteiger partial charge in [0.05, 0.1) is 22.8 Å². The van der Waals surface area contributed by atoms with Crippen LogP contribution in [0.4, 0.5) is 0 Å². The number of rotatable bonds is 2. The van der Waals surface area contributed by atoms with Gasteiger partial charge >= 0.3 is 0 Å². The minimum atomic E-state index is -3.48. The molecule has 4 rings (SSSR count).